The van der Waals surface area contributed by atoms with Crippen molar-refractivity contribution in [2.45, 2.75) is 25.7 Å². The zero-order valence-electron chi connectivity index (χ0n) is 9.05. The average Bonchev–Trinajstić information content (AvgIpc) is 2.75. The van der Waals surface area contributed by atoms with Gasteiger partial charge in [-0.05, 0) is 17.9 Å². The molecular formula is C12H12ClFO2. The second-order valence-corrected chi connectivity index (χ2v) is 5.28. The zero-order valence-corrected chi connectivity index (χ0v) is 9.81. The Morgan fingerprint density at radius 1 is 1.50 bits per heavy atom. The van der Waals surface area contributed by atoms with Crippen molar-refractivity contribution in [2.24, 2.45) is 5.41 Å². The highest BCUT2D eigenvalue weighted by Gasteiger charge is 2.68. The van der Waals surface area contributed by atoms with Gasteiger partial charge in [-0.15, -0.1) is 0 Å². The van der Waals surface area contributed by atoms with Gasteiger partial charge in [-0.1, -0.05) is 37.6 Å². The molecule has 1 aliphatic rings. The summed E-state index contributed by atoms with van der Waals surface area (Å²) in [4.78, 5) is 11.4. The number of carboxylic acid groups (broad SMARTS) is 1. The fourth-order valence-corrected chi connectivity index (χ4v) is 2.57. The Hall–Kier alpha value is -1.09. The number of hydrogen-bond donors (Lipinski definition) is 1. The van der Waals surface area contributed by atoms with E-state index >= 15 is 0 Å². The number of hydrogen-bond acceptors (Lipinski definition) is 1. The minimum absolute atomic E-state index is 0.0270. The van der Waals surface area contributed by atoms with Crippen molar-refractivity contribution >= 4 is 17.6 Å². The Kier molecular flexibility index (Phi) is 2.28. The predicted molar refractivity (Wildman–Crippen MR) is 59.1 cm³/mol. The number of benzene rings is 1. The minimum atomic E-state index is -1.12. The van der Waals surface area contributed by atoms with Crippen LogP contribution in [0.5, 0.6) is 0 Å². The molecule has 4 heteroatoms. The van der Waals surface area contributed by atoms with Crippen molar-refractivity contribution in [3.63, 3.8) is 0 Å². The van der Waals surface area contributed by atoms with Crippen LogP contribution in [0.3, 0.4) is 0 Å². The fourth-order valence-electron chi connectivity index (χ4n) is 2.39. The van der Waals surface area contributed by atoms with Gasteiger partial charge < -0.3 is 5.11 Å². The molecule has 2 nitrogen and oxygen atoms in total. The van der Waals surface area contributed by atoms with Crippen molar-refractivity contribution in [1.82, 2.24) is 0 Å². The molecule has 0 heterocycles. The summed E-state index contributed by atoms with van der Waals surface area (Å²) in [7, 11) is 0. The van der Waals surface area contributed by atoms with E-state index in [1.807, 2.05) is 13.8 Å². The summed E-state index contributed by atoms with van der Waals surface area (Å²) in [6.07, 6.45) is 0.437. The Labute approximate surface area is 98.0 Å². The molecule has 0 bridgehead atoms. The average molecular weight is 243 g/mol. The van der Waals surface area contributed by atoms with E-state index in [0.717, 1.165) is 0 Å². The van der Waals surface area contributed by atoms with Crippen LogP contribution < -0.4 is 0 Å². The van der Waals surface area contributed by atoms with Crippen molar-refractivity contribution in [2.75, 3.05) is 0 Å². The van der Waals surface area contributed by atoms with Crippen LogP contribution in [0.25, 0.3) is 0 Å². The van der Waals surface area contributed by atoms with Gasteiger partial charge >= 0.3 is 5.97 Å². The molecule has 1 aromatic rings. The van der Waals surface area contributed by atoms with Crippen LogP contribution in [0.4, 0.5) is 4.39 Å². The first-order valence-electron chi connectivity index (χ1n) is 5.01. The molecular weight excluding hydrogens is 231 g/mol. The summed E-state index contributed by atoms with van der Waals surface area (Å²) in [5, 5.41) is 9.27. The largest absolute Gasteiger partial charge is 0.481 e. The second kappa shape index (κ2) is 3.20. The summed E-state index contributed by atoms with van der Waals surface area (Å²) in [5.74, 6) is -1.60. The molecule has 1 fully saturated rings. The number of carbonyl (C=O) groups is 1. The van der Waals surface area contributed by atoms with Gasteiger partial charge in [0.15, 0.2) is 0 Å². The van der Waals surface area contributed by atoms with Gasteiger partial charge in [0.2, 0.25) is 0 Å². The molecule has 16 heavy (non-hydrogen) atoms. The van der Waals surface area contributed by atoms with Gasteiger partial charge in [0.25, 0.3) is 0 Å². The molecule has 1 aromatic carbocycles. The second-order valence-electron chi connectivity index (χ2n) is 4.87. The standard InChI is InChI=1S/C12H12ClFO2/c1-11(2)6-12(11,10(15)16)7-4-3-5-8(13)9(7)14/h3-5H,6H2,1-2H3,(H,15,16). The Balaban J connectivity index is 2.60. The van der Waals surface area contributed by atoms with E-state index in [4.69, 9.17) is 11.6 Å². The molecule has 0 radical (unpaired) electrons. The van der Waals surface area contributed by atoms with Gasteiger partial charge in [0, 0.05) is 5.56 Å². The monoisotopic (exact) mass is 242 g/mol. The highest BCUT2D eigenvalue weighted by Crippen LogP contribution is 2.65. The van der Waals surface area contributed by atoms with Crippen LogP contribution in [0.15, 0.2) is 18.2 Å². The van der Waals surface area contributed by atoms with Crippen molar-refractivity contribution in [3.05, 3.63) is 34.6 Å². The summed E-state index contributed by atoms with van der Waals surface area (Å²) >= 11 is 5.68. The molecule has 86 valence electrons. The van der Waals surface area contributed by atoms with E-state index in [0.29, 0.717) is 6.42 Å². The predicted octanol–water partition coefficient (Wildman–Crippen LogP) is 3.23. The first-order valence-corrected chi connectivity index (χ1v) is 5.38. The van der Waals surface area contributed by atoms with Crippen LogP contribution in [0.1, 0.15) is 25.8 Å². The number of carboxylic acids is 1. The van der Waals surface area contributed by atoms with Crippen molar-refractivity contribution in [1.29, 1.82) is 0 Å². The highest BCUT2D eigenvalue weighted by molar-refractivity contribution is 6.30. The van der Waals surface area contributed by atoms with Crippen LogP contribution in [0, 0.1) is 11.2 Å². The van der Waals surface area contributed by atoms with Gasteiger partial charge in [-0.2, -0.15) is 0 Å². The van der Waals surface area contributed by atoms with Crippen molar-refractivity contribution in [3.8, 4) is 0 Å². The van der Waals surface area contributed by atoms with E-state index in [-0.39, 0.29) is 10.6 Å². The highest BCUT2D eigenvalue weighted by atomic mass is 35.5. The maximum atomic E-state index is 13.8. The molecule has 1 atom stereocenters. The summed E-state index contributed by atoms with van der Waals surface area (Å²) in [5.41, 5.74) is -1.36. The van der Waals surface area contributed by atoms with E-state index in [9.17, 15) is 14.3 Å². The molecule has 0 aliphatic heterocycles. The summed E-state index contributed by atoms with van der Waals surface area (Å²) < 4.78 is 13.8. The van der Waals surface area contributed by atoms with Gasteiger partial charge in [0.05, 0.1) is 5.02 Å². The van der Waals surface area contributed by atoms with Gasteiger partial charge in [-0.3, -0.25) is 4.79 Å². The Morgan fingerprint density at radius 2 is 2.06 bits per heavy atom. The molecule has 1 unspecified atom stereocenters. The molecule has 1 aliphatic carbocycles. The lowest BCUT2D eigenvalue weighted by Gasteiger charge is -2.17. The number of halogens is 2. The van der Waals surface area contributed by atoms with Crippen molar-refractivity contribution < 1.29 is 14.3 Å². The Morgan fingerprint density at radius 3 is 2.50 bits per heavy atom. The lowest BCUT2D eigenvalue weighted by molar-refractivity contribution is -0.141. The smallest absolute Gasteiger partial charge is 0.314 e. The van der Waals surface area contributed by atoms with E-state index in [1.54, 1.807) is 6.07 Å². The number of aliphatic carboxylic acids is 1. The number of rotatable bonds is 2. The summed E-state index contributed by atoms with van der Waals surface area (Å²) in [6, 6.07) is 4.51. The van der Waals surface area contributed by atoms with Crippen LogP contribution in [-0.2, 0) is 10.2 Å². The Bertz CT molecular complexity index is 470. The molecule has 0 aromatic heterocycles. The third-order valence-corrected chi connectivity index (χ3v) is 3.81. The van der Waals surface area contributed by atoms with Crippen LogP contribution in [0.2, 0.25) is 5.02 Å². The SMILES string of the molecule is CC1(C)CC1(C(=O)O)c1cccc(Cl)c1F. The normalized spacial score (nSPS) is 26.5. The topological polar surface area (TPSA) is 37.3 Å². The molecule has 1 N–H and O–H groups in total. The van der Waals surface area contributed by atoms with E-state index in [1.165, 1.54) is 12.1 Å². The quantitative estimate of drug-likeness (QED) is 0.865. The third-order valence-electron chi connectivity index (χ3n) is 3.51. The fraction of sp³-hybridized carbons (Fsp3) is 0.417. The van der Waals surface area contributed by atoms with E-state index < -0.39 is 22.6 Å². The van der Waals surface area contributed by atoms with E-state index in [2.05, 4.69) is 0 Å². The minimum Gasteiger partial charge on any atom is -0.481 e. The first-order chi connectivity index (χ1) is 7.33. The third kappa shape index (κ3) is 1.27. The summed E-state index contributed by atoms with van der Waals surface area (Å²) in [6.45, 7) is 3.64. The maximum absolute atomic E-state index is 13.8. The molecule has 2 rings (SSSR count). The van der Waals surface area contributed by atoms with Crippen LogP contribution >= 0.6 is 11.6 Å². The lowest BCUT2D eigenvalue weighted by atomic mass is 9.87. The van der Waals surface area contributed by atoms with Gasteiger partial charge in [-0.25, -0.2) is 4.39 Å². The first kappa shape index (κ1) is 11.4. The zero-order chi connectivity index (χ0) is 12.1. The van der Waals surface area contributed by atoms with Gasteiger partial charge in [0.1, 0.15) is 11.2 Å². The molecule has 0 saturated heterocycles. The maximum Gasteiger partial charge on any atom is 0.314 e. The molecule has 0 spiro atoms. The van der Waals surface area contributed by atoms with Crippen LogP contribution in [-0.4, -0.2) is 11.1 Å². The molecule has 1 saturated carbocycles. The lowest BCUT2D eigenvalue weighted by Crippen LogP contribution is -2.26. The molecule has 0 amide bonds.